The molecule has 2 heteroatoms. The molecule has 0 saturated carbocycles. The summed E-state index contributed by atoms with van der Waals surface area (Å²) in [6.07, 6.45) is 11.8. The van der Waals surface area contributed by atoms with Crippen LogP contribution >= 0.6 is 0 Å². The molecule has 0 aliphatic carbocycles. The van der Waals surface area contributed by atoms with Crippen LogP contribution in [0.4, 0.5) is 0 Å². The van der Waals surface area contributed by atoms with Crippen molar-refractivity contribution in [2.75, 3.05) is 19.7 Å². The van der Waals surface area contributed by atoms with E-state index in [9.17, 15) is 0 Å². The van der Waals surface area contributed by atoms with E-state index >= 15 is 0 Å². The van der Waals surface area contributed by atoms with Crippen LogP contribution in [-0.2, 0) is 0 Å². The zero-order valence-electron chi connectivity index (χ0n) is 10.6. The highest BCUT2D eigenvalue weighted by Gasteiger charge is 2.17. The molecular weight excluding hydrogens is 198 g/mol. The largest absolute Gasteiger partial charge is 0.396 e. The van der Waals surface area contributed by atoms with Gasteiger partial charge in [0, 0.05) is 6.61 Å². The lowest BCUT2D eigenvalue weighted by Gasteiger charge is -2.13. The lowest BCUT2D eigenvalue weighted by Crippen LogP contribution is -2.23. The smallest absolute Gasteiger partial charge is 0.0431 e. The first kappa shape index (κ1) is 13.7. The molecule has 2 nitrogen and oxygen atoms in total. The topological polar surface area (TPSA) is 32.3 Å². The molecule has 1 fully saturated rings. The predicted octanol–water partition coefficient (Wildman–Crippen LogP) is 2.73. The van der Waals surface area contributed by atoms with Crippen LogP contribution in [0.15, 0.2) is 12.2 Å². The summed E-state index contributed by atoms with van der Waals surface area (Å²) < 4.78 is 0. The Morgan fingerprint density at radius 3 is 2.50 bits per heavy atom. The van der Waals surface area contributed by atoms with Crippen LogP contribution in [0.1, 0.15) is 45.4 Å². The molecule has 1 saturated heterocycles. The van der Waals surface area contributed by atoms with Crippen molar-refractivity contribution in [2.24, 2.45) is 11.8 Å². The van der Waals surface area contributed by atoms with Crippen molar-refractivity contribution in [2.45, 2.75) is 45.4 Å². The Bertz CT molecular complexity index is 191. The molecule has 2 unspecified atom stereocenters. The van der Waals surface area contributed by atoms with Gasteiger partial charge >= 0.3 is 0 Å². The van der Waals surface area contributed by atoms with E-state index in [1.165, 1.54) is 38.6 Å². The van der Waals surface area contributed by atoms with Crippen LogP contribution in [0.3, 0.4) is 0 Å². The molecule has 2 N–H and O–H groups in total. The van der Waals surface area contributed by atoms with Crippen LogP contribution in [0, 0.1) is 11.8 Å². The van der Waals surface area contributed by atoms with Gasteiger partial charge in [0.25, 0.3) is 0 Å². The molecule has 94 valence electrons. The first-order valence-electron chi connectivity index (χ1n) is 6.79. The third-order valence-electron chi connectivity index (χ3n) is 3.60. The van der Waals surface area contributed by atoms with Gasteiger partial charge in [-0.1, -0.05) is 12.2 Å². The average molecular weight is 225 g/mol. The number of allylic oxidation sites excluding steroid dienone is 2. The highest BCUT2D eigenvalue weighted by molar-refractivity contribution is 4.80. The van der Waals surface area contributed by atoms with Gasteiger partial charge in [-0.25, -0.2) is 0 Å². The Balaban J connectivity index is 2.18. The third-order valence-corrected chi connectivity index (χ3v) is 3.60. The highest BCUT2D eigenvalue weighted by atomic mass is 16.2. The second-order valence-corrected chi connectivity index (χ2v) is 4.98. The van der Waals surface area contributed by atoms with E-state index in [2.05, 4.69) is 24.4 Å². The van der Waals surface area contributed by atoms with Gasteiger partial charge in [0.05, 0.1) is 0 Å². The average Bonchev–Trinajstić information content (AvgIpc) is 2.52. The first-order valence-corrected chi connectivity index (χ1v) is 6.79. The summed E-state index contributed by atoms with van der Waals surface area (Å²) in [5.74, 6) is 1.65. The van der Waals surface area contributed by atoms with Gasteiger partial charge in [-0.05, 0) is 70.4 Å². The molecule has 16 heavy (non-hydrogen) atoms. The lowest BCUT2D eigenvalue weighted by molar-refractivity contribution is 0.267. The van der Waals surface area contributed by atoms with Crippen LogP contribution < -0.4 is 5.32 Å². The van der Waals surface area contributed by atoms with Gasteiger partial charge in [-0.3, -0.25) is 0 Å². The maximum absolute atomic E-state index is 8.83. The number of aliphatic hydroxyl groups excluding tert-OH is 1. The van der Waals surface area contributed by atoms with E-state index in [0.717, 1.165) is 24.8 Å². The molecule has 1 aliphatic heterocycles. The van der Waals surface area contributed by atoms with Crippen molar-refractivity contribution in [1.29, 1.82) is 0 Å². The molecule has 0 bridgehead atoms. The molecule has 0 aromatic heterocycles. The van der Waals surface area contributed by atoms with Crippen molar-refractivity contribution >= 4 is 0 Å². The first-order chi connectivity index (χ1) is 7.86. The highest BCUT2D eigenvalue weighted by Crippen LogP contribution is 2.22. The van der Waals surface area contributed by atoms with E-state index < -0.39 is 0 Å². The Morgan fingerprint density at radius 2 is 1.88 bits per heavy atom. The van der Waals surface area contributed by atoms with E-state index in [1.54, 1.807) is 0 Å². The molecule has 1 rings (SSSR count). The molecule has 0 aromatic carbocycles. The zero-order chi connectivity index (χ0) is 11.6. The maximum atomic E-state index is 8.83. The van der Waals surface area contributed by atoms with Crippen molar-refractivity contribution < 1.29 is 5.11 Å². The zero-order valence-corrected chi connectivity index (χ0v) is 10.6. The summed E-state index contributed by atoms with van der Waals surface area (Å²) >= 11 is 0. The summed E-state index contributed by atoms with van der Waals surface area (Å²) in [7, 11) is 0. The van der Waals surface area contributed by atoms with Crippen molar-refractivity contribution in [3.8, 4) is 0 Å². The van der Waals surface area contributed by atoms with Gasteiger partial charge < -0.3 is 10.4 Å². The lowest BCUT2D eigenvalue weighted by atomic mass is 9.92. The third kappa shape index (κ3) is 5.66. The summed E-state index contributed by atoms with van der Waals surface area (Å²) in [5.41, 5.74) is 0. The Hall–Kier alpha value is -0.340. The molecule has 1 aliphatic rings. The van der Waals surface area contributed by atoms with E-state index in [4.69, 9.17) is 5.11 Å². The number of hydrogen-bond acceptors (Lipinski definition) is 2. The minimum absolute atomic E-state index is 0.348. The van der Waals surface area contributed by atoms with Gasteiger partial charge in [-0.2, -0.15) is 0 Å². The number of aliphatic hydroxyl groups is 1. The van der Waals surface area contributed by atoms with Crippen LogP contribution in [0.25, 0.3) is 0 Å². The molecule has 0 aromatic rings. The number of rotatable bonds is 6. The van der Waals surface area contributed by atoms with E-state index in [0.29, 0.717) is 6.61 Å². The second-order valence-electron chi connectivity index (χ2n) is 4.98. The summed E-state index contributed by atoms with van der Waals surface area (Å²) in [5, 5.41) is 12.4. The molecular formula is C14H27NO. The van der Waals surface area contributed by atoms with Crippen molar-refractivity contribution in [1.82, 2.24) is 5.32 Å². The number of hydrogen-bond donors (Lipinski definition) is 2. The van der Waals surface area contributed by atoms with Gasteiger partial charge in [0.1, 0.15) is 0 Å². The molecule has 0 amide bonds. The van der Waals surface area contributed by atoms with E-state index in [1.807, 2.05) is 0 Å². The quantitative estimate of drug-likeness (QED) is 0.681. The SMILES string of the molecule is C/C=C\CCC1CCC(CCCO)CNC1. The van der Waals surface area contributed by atoms with Crippen LogP contribution in [0.5, 0.6) is 0 Å². The molecule has 1 heterocycles. The van der Waals surface area contributed by atoms with Gasteiger partial charge in [-0.15, -0.1) is 0 Å². The fraction of sp³-hybridized carbons (Fsp3) is 0.857. The van der Waals surface area contributed by atoms with Crippen LogP contribution in [-0.4, -0.2) is 24.8 Å². The number of nitrogens with one attached hydrogen (secondary N) is 1. The normalized spacial score (nSPS) is 27.1. The monoisotopic (exact) mass is 225 g/mol. The maximum Gasteiger partial charge on any atom is 0.0431 e. The standard InChI is InChI=1S/C14H27NO/c1-2-3-4-6-13-8-9-14(7-5-10-16)12-15-11-13/h2-3,13-16H,4-12H2,1H3/b3-2-. The minimum atomic E-state index is 0.348. The summed E-state index contributed by atoms with van der Waals surface area (Å²) in [4.78, 5) is 0. The van der Waals surface area contributed by atoms with Crippen molar-refractivity contribution in [3.63, 3.8) is 0 Å². The summed E-state index contributed by atoms with van der Waals surface area (Å²) in [6.45, 7) is 4.78. The van der Waals surface area contributed by atoms with Crippen molar-refractivity contribution in [3.05, 3.63) is 12.2 Å². The Morgan fingerprint density at radius 1 is 1.19 bits per heavy atom. The summed E-state index contributed by atoms with van der Waals surface area (Å²) in [6, 6.07) is 0. The Kier molecular flexibility index (Phi) is 7.52. The van der Waals surface area contributed by atoms with Gasteiger partial charge in [0.2, 0.25) is 0 Å². The van der Waals surface area contributed by atoms with Crippen LogP contribution in [0.2, 0.25) is 0 Å². The fourth-order valence-corrected chi connectivity index (χ4v) is 2.54. The predicted molar refractivity (Wildman–Crippen MR) is 69.5 cm³/mol. The molecule has 2 atom stereocenters. The fourth-order valence-electron chi connectivity index (χ4n) is 2.54. The molecule has 0 radical (unpaired) electrons. The minimum Gasteiger partial charge on any atom is -0.396 e. The second kappa shape index (κ2) is 8.77. The van der Waals surface area contributed by atoms with Gasteiger partial charge in [0.15, 0.2) is 0 Å². The Labute approximate surface area is 100 Å². The van der Waals surface area contributed by atoms with E-state index in [-0.39, 0.29) is 0 Å². The molecule has 0 spiro atoms.